The number of ketones is 1. The molecule has 1 spiro atoms. The van der Waals surface area contributed by atoms with Crippen molar-refractivity contribution in [2.75, 3.05) is 10.6 Å². The number of nitrogens with zero attached hydrogens (tertiary/aromatic N) is 4. The minimum Gasteiger partial charge on any atom is -0.433 e. The number of anilines is 2. The number of urea groups is 1. The molecule has 3 amide bonds. The number of aryl methyl sites for hydroxylation is 2. The number of pyridine rings is 1. The summed E-state index contributed by atoms with van der Waals surface area (Å²) < 4.78 is 34.8. The Hall–Kier alpha value is -5.59. The summed E-state index contributed by atoms with van der Waals surface area (Å²) in [4.78, 5) is 48.6. The van der Waals surface area contributed by atoms with Crippen molar-refractivity contribution in [3.8, 4) is 17.3 Å². The van der Waals surface area contributed by atoms with Gasteiger partial charge in [0.1, 0.15) is 11.4 Å². The third kappa shape index (κ3) is 4.66. The summed E-state index contributed by atoms with van der Waals surface area (Å²) in [6.45, 7) is 3.53. The number of halogens is 2. The van der Waals surface area contributed by atoms with Crippen molar-refractivity contribution in [1.82, 2.24) is 25.1 Å². The molecule has 1 saturated carbocycles. The number of benzene rings is 2. The summed E-state index contributed by atoms with van der Waals surface area (Å²) in [5.41, 5.74) is 8.64. The molecule has 234 valence electrons. The summed E-state index contributed by atoms with van der Waals surface area (Å²) in [5.74, 6) is -2.96. The van der Waals surface area contributed by atoms with Crippen molar-refractivity contribution in [2.45, 2.75) is 51.5 Å². The van der Waals surface area contributed by atoms with Crippen LogP contribution in [0.2, 0.25) is 0 Å². The monoisotopic (exact) mass is 625 g/mol. The van der Waals surface area contributed by atoms with Crippen LogP contribution in [0.25, 0.3) is 16.6 Å². The number of fused-ring (bicyclic) bond motifs is 1. The number of nitrogens with one attached hydrogen (secondary N) is 2. The predicted octanol–water partition coefficient (Wildman–Crippen LogP) is 6.01. The fourth-order valence-corrected chi connectivity index (χ4v) is 6.33. The molecular formula is C33H29F2N7O4. The van der Waals surface area contributed by atoms with E-state index in [1.54, 1.807) is 19.1 Å². The van der Waals surface area contributed by atoms with Crippen LogP contribution in [0.1, 0.15) is 59.3 Å². The molecule has 1 aliphatic carbocycles. The number of rotatable bonds is 6. The number of amides is 3. The number of ether oxygens (including phenoxy) is 1. The van der Waals surface area contributed by atoms with E-state index in [1.165, 1.54) is 34.1 Å². The molecule has 0 radical (unpaired) electrons. The van der Waals surface area contributed by atoms with E-state index in [4.69, 9.17) is 10.5 Å². The Morgan fingerprint density at radius 3 is 2.41 bits per heavy atom. The Balaban J connectivity index is 1.15. The Morgan fingerprint density at radius 2 is 1.70 bits per heavy atom. The number of nitrogens with two attached hydrogens (primary N) is 1. The standard InChI is InChI=1S/C33H29F2N7O4/c1-17-11-19-13-24(39-23(19)14-25(17)41-31(44)33(40-32(41)45)9-4-3-5-10-33)28(43)20-15-38-42(30(20)36)26-16-37-27(12-18(26)2)46-29-21(34)7-6-8-22(29)35/h6-8,11-16,39H,3-5,9-10,36H2,1-2H3,(H,40,45). The third-order valence-electron chi connectivity index (χ3n) is 8.75. The van der Waals surface area contributed by atoms with Crippen LogP contribution in [0, 0.1) is 25.5 Å². The van der Waals surface area contributed by atoms with Crippen molar-refractivity contribution >= 4 is 40.1 Å². The average Bonchev–Trinajstić information content (AvgIpc) is 3.68. The van der Waals surface area contributed by atoms with Crippen LogP contribution < -0.4 is 20.7 Å². The number of aromatic nitrogens is 4. The number of hydrogen-bond acceptors (Lipinski definition) is 7. The van der Waals surface area contributed by atoms with Gasteiger partial charge in [-0.15, -0.1) is 0 Å². The second-order valence-electron chi connectivity index (χ2n) is 11.8. The topological polar surface area (TPSA) is 148 Å². The minimum atomic E-state index is -0.866. The van der Waals surface area contributed by atoms with E-state index in [9.17, 15) is 23.2 Å². The van der Waals surface area contributed by atoms with E-state index < -0.39 is 34.7 Å². The van der Waals surface area contributed by atoms with Crippen molar-refractivity contribution in [1.29, 1.82) is 0 Å². The van der Waals surface area contributed by atoms with Gasteiger partial charge in [0.25, 0.3) is 5.91 Å². The SMILES string of the molecule is Cc1cc2cc(C(=O)c3cnn(-c4cnc(Oc5c(F)cccc5F)cc4C)c3N)[nH]c2cc1N1C(=O)NC2(CCCCC2)C1=O. The third-order valence-corrected chi connectivity index (χ3v) is 8.75. The van der Waals surface area contributed by atoms with Crippen LogP contribution in [-0.2, 0) is 4.79 Å². The molecule has 11 nitrogen and oxygen atoms in total. The molecule has 5 aromatic rings. The number of carbonyl (C=O) groups is 3. The van der Waals surface area contributed by atoms with Crippen LogP contribution in [0.15, 0.2) is 54.9 Å². The Morgan fingerprint density at radius 1 is 0.978 bits per heavy atom. The lowest BCUT2D eigenvalue weighted by molar-refractivity contribution is -0.123. The van der Waals surface area contributed by atoms with Gasteiger partial charge in [-0.2, -0.15) is 5.10 Å². The molecule has 0 bridgehead atoms. The van der Waals surface area contributed by atoms with Crippen molar-refractivity contribution in [3.63, 3.8) is 0 Å². The lowest BCUT2D eigenvalue weighted by Gasteiger charge is -2.30. The Labute approximate surface area is 261 Å². The van der Waals surface area contributed by atoms with Crippen LogP contribution in [-0.4, -0.2) is 43.0 Å². The largest absolute Gasteiger partial charge is 0.433 e. The van der Waals surface area contributed by atoms with Crippen molar-refractivity contribution in [2.24, 2.45) is 0 Å². The van der Waals surface area contributed by atoms with Crippen LogP contribution in [0.5, 0.6) is 11.6 Å². The Kier molecular flexibility index (Phi) is 6.83. The molecule has 13 heteroatoms. The van der Waals surface area contributed by atoms with Gasteiger partial charge in [-0.3, -0.25) is 9.59 Å². The molecule has 3 aromatic heterocycles. The highest BCUT2D eigenvalue weighted by Gasteiger charge is 2.52. The summed E-state index contributed by atoms with van der Waals surface area (Å²) in [5, 5.41) is 7.96. The molecule has 4 N–H and O–H groups in total. The maximum absolute atomic E-state index is 14.0. The molecule has 1 saturated heterocycles. The first kappa shape index (κ1) is 29.1. The summed E-state index contributed by atoms with van der Waals surface area (Å²) in [7, 11) is 0. The van der Waals surface area contributed by atoms with E-state index in [2.05, 4.69) is 20.4 Å². The van der Waals surface area contributed by atoms with Gasteiger partial charge in [-0.05, 0) is 68.1 Å². The molecule has 4 heterocycles. The molecule has 2 aliphatic rings. The van der Waals surface area contributed by atoms with Crippen molar-refractivity contribution in [3.05, 3.63) is 88.9 Å². The highest BCUT2D eigenvalue weighted by Crippen LogP contribution is 2.38. The van der Waals surface area contributed by atoms with Crippen molar-refractivity contribution < 1.29 is 27.9 Å². The molecular weight excluding hydrogens is 596 g/mol. The zero-order valence-electron chi connectivity index (χ0n) is 25.0. The normalized spacial score (nSPS) is 16.0. The second-order valence-corrected chi connectivity index (χ2v) is 11.8. The lowest BCUT2D eigenvalue weighted by atomic mass is 9.81. The predicted molar refractivity (Wildman–Crippen MR) is 165 cm³/mol. The summed E-state index contributed by atoms with van der Waals surface area (Å²) in [6.07, 6.45) is 6.75. The van der Waals surface area contributed by atoms with Gasteiger partial charge in [-0.1, -0.05) is 25.3 Å². The van der Waals surface area contributed by atoms with E-state index in [0.717, 1.165) is 36.8 Å². The highest BCUT2D eigenvalue weighted by atomic mass is 19.1. The summed E-state index contributed by atoms with van der Waals surface area (Å²) >= 11 is 0. The fourth-order valence-electron chi connectivity index (χ4n) is 6.33. The van der Waals surface area contributed by atoms with Gasteiger partial charge in [0.15, 0.2) is 11.6 Å². The zero-order chi connectivity index (χ0) is 32.3. The number of imide groups is 1. The minimum absolute atomic E-state index is 0.0398. The molecule has 46 heavy (non-hydrogen) atoms. The first-order chi connectivity index (χ1) is 22.1. The molecule has 1 aliphatic heterocycles. The quantitative estimate of drug-likeness (QED) is 0.155. The van der Waals surface area contributed by atoms with Gasteiger partial charge in [0, 0.05) is 17.0 Å². The lowest BCUT2D eigenvalue weighted by Crippen LogP contribution is -2.48. The van der Waals surface area contributed by atoms with Gasteiger partial charge < -0.3 is 20.8 Å². The van der Waals surface area contributed by atoms with E-state index in [0.29, 0.717) is 40.9 Å². The molecule has 2 aromatic carbocycles. The van der Waals surface area contributed by atoms with E-state index in [1.807, 2.05) is 13.0 Å². The first-order valence-corrected chi connectivity index (χ1v) is 14.8. The van der Waals surface area contributed by atoms with Crippen LogP contribution >= 0.6 is 0 Å². The molecule has 7 rings (SSSR count). The van der Waals surface area contributed by atoms with Crippen LogP contribution in [0.4, 0.5) is 25.1 Å². The number of carbonyl (C=O) groups excluding carboxylic acids is 3. The smallest absolute Gasteiger partial charge is 0.329 e. The maximum atomic E-state index is 14.0. The Bertz CT molecular complexity index is 2060. The first-order valence-electron chi connectivity index (χ1n) is 14.8. The fraction of sp³-hybridized carbons (Fsp3) is 0.242. The molecule has 0 atom stereocenters. The van der Waals surface area contributed by atoms with Gasteiger partial charge in [0.2, 0.25) is 17.4 Å². The molecule has 0 unspecified atom stereocenters. The van der Waals surface area contributed by atoms with Crippen LogP contribution in [0.3, 0.4) is 0 Å². The van der Waals surface area contributed by atoms with Gasteiger partial charge >= 0.3 is 6.03 Å². The number of hydrogen-bond donors (Lipinski definition) is 3. The second kappa shape index (κ2) is 10.8. The number of H-pyrrole nitrogens is 1. The van der Waals surface area contributed by atoms with Gasteiger partial charge in [0.05, 0.1) is 35.0 Å². The average molecular weight is 626 g/mol. The number of nitrogen functional groups attached to an aromatic ring is 1. The molecule has 2 fully saturated rings. The number of aromatic amines is 1. The van der Waals surface area contributed by atoms with Gasteiger partial charge in [-0.25, -0.2) is 28.1 Å². The summed E-state index contributed by atoms with van der Waals surface area (Å²) in [6, 6.07) is 9.63. The zero-order valence-corrected chi connectivity index (χ0v) is 25.0. The maximum Gasteiger partial charge on any atom is 0.329 e. The highest BCUT2D eigenvalue weighted by molar-refractivity contribution is 6.24. The van der Waals surface area contributed by atoms with E-state index in [-0.39, 0.29) is 28.9 Å². The number of para-hydroxylation sites is 1. The van der Waals surface area contributed by atoms with E-state index >= 15 is 0 Å².